The number of rotatable bonds is 3. The molecule has 5 rings (SSSR count). The van der Waals surface area contributed by atoms with Crippen molar-refractivity contribution in [1.29, 1.82) is 0 Å². The topological polar surface area (TPSA) is 74.8 Å². The van der Waals surface area contributed by atoms with Gasteiger partial charge in [0.2, 0.25) is 5.91 Å². The predicted molar refractivity (Wildman–Crippen MR) is 118 cm³/mol. The van der Waals surface area contributed by atoms with Crippen molar-refractivity contribution in [1.82, 2.24) is 0 Å². The number of hydrogen-bond acceptors (Lipinski definition) is 4. The third kappa shape index (κ3) is 2.59. The monoisotopic (exact) mass is 432 g/mol. The number of nitrogens with zero attached hydrogens (tertiary/aromatic N) is 2. The quantitative estimate of drug-likeness (QED) is 0.637. The zero-order chi connectivity index (χ0) is 21.8. The third-order valence-corrected chi connectivity index (χ3v) is 8.13. The van der Waals surface area contributed by atoms with Crippen LogP contribution in [0, 0.1) is 6.92 Å². The number of para-hydroxylation sites is 2. The van der Waals surface area contributed by atoms with E-state index in [9.17, 15) is 18.0 Å². The normalized spacial score (nSPS) is 21.7. The summed E-state index contributed by atoms with van der Waals surface area (Å²) in [5.41, 5.74) is 3.13. The Labute approximate surface area is 180 Å². The highest BCUT2D eigenvalue weighted by Crippen LogP contribution is 2.52. The lowest BCUT2D eigenvalue weighted by atomic mass is 10.0. The first-order valence-corrected chi connectivity index (χ1v) is 11.6. The molecule has 2 heterocycles. The highest BCUT2D eigenvalue weighted by Gasteiger charge is 2.69. The van der Waals surface area contributed by atoms with Crippen LogP contribution in [0.4, 0.5) is 11.4 Å². The minimum Gasteiger partial charge on any atom is -0.304 e. The average Bonchev–Trinajstić information content (AvgIpc) is 3.13. The van der Waals surface area contributed by atoms with Crippen LogP contribution in [0.1, 0.15) is 16.7 Å². The van der Waals surface area contributed by atoms with Gasteiger partial charge in [0, 0.05) is 11.3 Å². The molecule has 31 heavy (non-hydrogen) atoms. The first kappa shape index (κ1) is 19.5. The molecular weight excluding hydrogens is 412 g/mol. The van der Waals surface area contributed by atoms with Crippen LogP contribution in [0.15, 0.2) is 78.9 Å². The van der Waals surface area contributed by atoms with E-state index in [0.717, 1.165) is 11.1 Å². The molecule has 156 valence electrons. The summed E-state index contributed by atoms with van der Waals surface area (Å²) in [6.45, 7) is 2.17. The fourth-order valence-electron chi connectivity index (χ4n) is 4.58. The Hall–Kier alpha value is -3.45. The van der Waals surface area contributed by atoms with E-state index in [1.807, 2.05) is 31.2 Å². The number of amides is 2. The van der Waals surface area contributed by atoms with Crippen molar-refractivity contribution in [3.05, 3.63) is 95.6 Å². The van der Waals surface area contributed by atoms with E-state index < -0.39 is 32.3 Å². The minimum absolute atomic E-state index is 0.219. The number of sulfone groups is 1. The summed E-state index contributed by atoms with van der Waals surface area (Å²) < 4.78 is 27.0. The smallest absolute Gasteiger partial charge is 0.274 e. The van der Waals surface area contributed by atoms with Crippen molar-refractivity contribution < 1.29 is 18.0 Å². The van der Waals surface area contributed by atoms with Gasteiger partial charge in [-0.25, -0.2) is 8.42 Å². The number of carbonyl (C=O) groups excluding carboxylic acids is 2. The van der Waals surface area contributed by atoms with Crippen LogP contribution in [0.25, 0.3) is 0 Å². The van der Waals surface area contributed by atoms with Crippen molar-refractivity contribution in [2.24, 2.45) is 0 Å². The molecule has 2 aliphatic rings. The zero-order valence-electron chi connectivity index (χ0n) is 16.9. The maximum atomic E-state index is 14.0. The Morgan fingerprint density at radius 3 is 2.26 bits per heavy atom. The van der Waals surface area contributed by atoms with E-state index in [-0.39, 0.29) is 6.54 Å². The van der Waals surface area contributed by atoms with Crippen molar-refractivity contribution in [2.45, 2.75) is 18.3 Å². The molecule has 0 N–H and O–H groups in total. The van der Waals surface area contributed by atoms with Gasteiger partial charge in [0.15, 0.2) is 9.84 Å². The highest BCUT2D eigenvalue weighted by molar-refractivity contribution is 7.94. The zero-order valence-corrected chi connectivity index (χ0v) is 17.7. The Balaban J connectivity index is 1.75. The molecule has 3 aromatic carbocycles. The lowest BCUT2D eigenvalue weighted by Gasteiger charge is -2.32. The molecule has 1 atom stereocenters. The highest BCUT2D eigenvalue weighted by atomic mass is 32.2. The van der Waals surface area contributed by atoms with Gasteiger partial charge in [-0.1, -0.05) is 60.7 Å². The van der Waals surface area contributed by atoms with E-state index in [1.165, 1.54) is 9.80 Å². The molecule has 0 bridgehead atoms. The van der Waals surface area contributed by atoms with Gasteiger partial charge in [-0.2, -0.15) is 0 Å². The lowest BCUT2D eigenvalue weighted by molar-refractivity contribution is -0.123. The van der Waals surface area contributed by atoms with E-state index in [1.54, 1.807) is 54.6 Å². The molecule has 2 aliphatic heterocycles. The van der Waals surface area contributed by atoms with Crippen molar-refractivity contribution in [3.8, 4) is 0 Å². The summed E-state index contributed by atoms with van der Waals surface area (Å²) >= 11 is 0. The van der Waals surface area contributed by atoms with Gasteiger partial charge in [-0.3, -0.25) is 14.5 Å². The van der Waals surface area contributed by atoms with Crippen molar-refractivity contribution >= 4 is 33.0 Å². The fraction of sp³-hybridized carbons (Fsp3) is 0.167. The summed E-state index contributed by atoms with van der Waals surface area (Å²) in [6, 6.07) is 23.0. The molecule has 0 radical (unpaired) electrons. The molecule has 1 spiro atoms. The van der Waals surface area contributed by atoms with Gasteiger partial charge < -0.3 is 4.90 Å². The van der Waals surface area contributed by atoms with Gasteiger partial charge in [-0.15, -0.1) is 0 Å². The predicted octanol–water partition coefficient (Wildman–Crippen LogP) is 3.16. The lowest BCUT2D eigenvalue weighted by Crippen LogP contribution is -2.54. The SMILES string of the molecule is Cc1ccccc1CN1C(=O)[C@@]2(c3ccccc31)N(c1ccccc1)C(=O)CS2(=O)=O. The van der Waals surface area contributed by atoms with Crippen LogP contribution in [0.5, 0.6) is 0 Å². The maximum absolute atomic E-state index is 14.0. The average molecular weight is 433 g/mol. The van der Waals surface area contributed by atoms with Gasteiger partial charge in [0.05, 0.1) is 12.2 Å². The van der Waals surface area contributed by atoms with Crippen LogP contribution in [0.2, 0.25) is 0 Å². The van der Waals surface area contributed by atoms with Crippen LogP contribution >= 0.6 is 0 Å². The number of carbonyl (C=O) groups is 2. The second-order valence-corrected chi connectivity index (χ2v) is 9.91. The van der Waals surface area contributed by atoms with Crippen LogP contribution in [0.3, 0.4) is 0 Å². The van der Waals surface area contributed by atoms with Crippen LogP contribution in [-0.2, 0) is 30.8 Å². The Bertz CT molecular complexity index is 1320. The van der Waals surface area contributed by atoms with Gasteiger partial charge in [-0.05, 0) is 36.2 Å². The number of benzene rings is 3. The molecule has 0 aromatic heterocycles. The molecule has 0 unspecified atom stereocenters. The molecule has 3 aromatic rings. The van der Waals surface area contributed by atoms with Crippen molar-refractivity contribution in [3.63, 3.8) is 0 Å². The summed E-state index contributed by atoms with van der Waals surface area (Å²) in [5, 5.41) is 0. The molecular formula is C24H20N2O4S. The number of aryl methyl sites for hydroxylation is 1. The van der Waals surface area contributed by atoms with E-state index >= 15 is 0 Å². The Kier molecular flexibility index (Phi) is 4.27. The first-order chi connectivity index (χ1) is 14.9. The summed E-state index contributed by atoms with van der Waals surface area (Å²) in [6.07, 6.45) is 0. The van der Waals surface area contributed by atoms with Gasteiger partial charge >= 0.3 is 0 Å². The molecule has 0 aliphatic carbocycles. The third-order valence-electron chi connectivity index (χ3n) is 6.03. The van der Waals surface area contributed by atoms with Gasteiger partial charge in [0.1, 0.15) is 5.75 Å². The standard InChI is InChI=1S/C24H20N2O4S/c1-17-9-5-6-10-18(17)15-25-21-14-8-7-13-20(21)24(23(25)28)26(19-11-3-2-4-12-19)22(27)16-31(24,29)30/h2-14H,15-16H2,1H3/t24-/m0/s1. The summed E-state index contributed by atoms with van der Waals surface area (Å²) in [5.74, 6) is -1.93. The van der Waals surface area contributed by atoms with Crippen LogP contribution in [-0.4, -0.2) is 26.0 Å². The molecule has 2 amide bonds. The maximum Gasteiger partial charge on any atom is 0.274 e. The van der Waals surface area contributed by atoms with E-state index in [2.05, 4.69) is 0 Å². The van der Waals surface area contributed by atoms with Gasteiger partial charge in [0.25, 0.3) is 10.8 Å². The molecule has 1 fully saturated rings. The molecule has 0 saturated carbocycles. The summed E-state index contributed by atoms with van der Waals surface area (Å²) in [7, 11) is -4.15. The Morgan fingerprint density at radius 2 is 1.52 bits per heavy atom. The van der Waals surface area contributed by atoms with Crippen molar-refractivity contribution in [2.75, 3.05) is 15.6 Å². The molecule has 1 saturated heterocycles. The second kappa shape index (κ2) is 6.78. The second-order valence-electron chi connectivity index (χ2n) is 7.80. The van der Waals surface area contributed by atoms with E-state index in [0.29, 0.717) is 16.9 Å². The molecule has 7 heteroatoms. The fourth-order valence-corrected chi connectivity index (χ4v) is 6.62. The first-order valence-electron chi connectivity index (χ1n) is 9.94. The Morgan fingerprint density at radius 1 is 0.871 bits per heavy atom. The minimum atomic E-state index is -4.15. The number of fused-ring (bicyclic) bond motifs is 2. The number of anilines is 2. The largest absolute Gasteiger partial charge is 0.304 e. The summed E-state index contributed by atoms with van der Waals surface area (Å²) in [4.78, 5) is 27.6. The molecule has 6 nitrogen and oxygen atoms in total. The van der Waals surface area contributed by atoms with E-state index in [4.69, 9.17) is 0 Å². The van der Waals surface area contributed by atoms with Crippen LogP contribution < -0.4 is 9.80 Å². The number of hydrogen-bond donors (Lipinski definition) is 0.